The van der Waals surface area contributed by atoms with Gasteiger partial charge in [0.1, 0.15) is 0 Å². The van der Waals surface area contributed by atoms with Crippen LogP contribution in [-0.2, 0) is 4.79 Å². The zero-order valence-corrected chi connectivity index (χ0v) is 15.3. The Kier molecular flexibility index (Phi) is 9.88. The van der Waals surface area contributed by atoms with Crippen molar-refractivity contribution in [3.63, 3.8) is 0 Å². The molecule has 0 aliphatic rings. The van der Waals surface area contributed by atoms with Crippen molar-refractivity contribution in [1.29, 1.82) is 0 Å². The van der Waals surface area contributed by atoms with Crippen molar-refractivity contribution >= 4 is 41.5 Å². The number of nitrogens with two attached hydrogens (primary N) is 1. The largest absolute Gasteiger partial charge is 0.352 e. The first-order chi connectivity index (χ1) is 10.3. The van der Waals surface area contributed by atoms with Gasteiger partial charge < -0.3 is 16.4 Å². The monoisotopic (exact) mass is 361 g/mol. The third-order valence-corrected chi connectivity index (χ3v) is 3.40. The number of benzene rings is 1. The molecule has 1 unspecified atom stereocenters. The number of hydrogen-bond donors (Lipinski definition) is 3. The molecule has 7 heteroatoms. The summed E-state index contributed by atoms with van der Waals surface area (Å²) in [5.74, 6) is -0.115. The van der Waals surface area contributed by atoms with Gasteiger partial charge in [-0.3, -0.25) is 9.59 Å². The van der Waals surface area contributed by atoms with Crippen molar-refractivity contribution in [1.82, 2.24) is 5.32 Å². The van der Waals surface area contributed by atoms with Crippen molar-refractivity contribution in [2.45, 2.75) is 39.7 Å². The Morgan fingerprint density at radius 2 is 1.96 bits per heavy atom. The topological polar surface area (TPSA) is 84.2 Å². The van der Waals surface area contributed by atoms with Crippen molar-refractivity contribution < 1.29 is 9.59 Å². The van der Waals surface area contributed by atoms with Gasteiger partial charge >= 0.3 is 0 Å². The Hall–Kier alpha value is -1.30. The van der Waals surface area contributed by atoms with E-state index < -0.39 is 6.04 Å². The van der Waals surface area contributed by atoms with Gasteiger partial charge in [0.2, 0.25) is 5.91 Å². The fourth-order valence-corrected chi connectivity index (χ4v) is 2.11. The lowest BCUT2D eigenvalue weighted by molar-refractivity contribution is -0.117. The van der Waals surface area contributed by atoms with E-state index in [1.165, 1.54) is 0 Å². The lowest BCUT2D eigenvalue weighted by Gasteiger charge is -2.13. The number of carbonyl (C=O) groups is 2. The number of rotatable bonds is 7. The molecule has 0 fully saturated rings. The predicted molar refractivity (Wildman–Crippen MR) is 97.4 cm³/mol. The van der Waals surface area contributed by atoms with E-state index in [0.717, 1.165) is 6.42 Å². The molecule has 0 bridgehead atoms. The molecular formula is C16H25Cl2N3O2. The molecule has 5 nitrogen and oxygen atoms in total. The van der Waals surface area contributed by atoms with E-state index in [1.807, 2.05) is 20.8 Å². The molecule has 0 saturated carbocycles. The minimum atomic E-state index is -0.544. The molecule has 0 aliphatic heterocycles. The Morgan fingerprint density at radius 1 is 1.30 bits per heavy atom. The highest BCUT2D eigenvalue weighted by Gasteiger charge is 2.15. The molecule has 0 heterocycles. The van der Waals surface area contributed by atoms with Gasteiger partial charge in [0.15, 0.2) is 0 Å². The molecule has 0 spiro atoms. The average molecular weight is 362 g/mol. The SMILES string of the molecule is CCCC(N)C(=O)Nc1ccc(C(=O)NCC(C)C)c(Cl)c1.Cl. The van der Waals surface area contributed by atoms with E-state index in [9.17, 15) is 9.59 Å². The van der Waals surface area contributed by atoms with Crippen LogP contribution in [0.4, 0.5) is 5.69 Å². The minimum Gasteiger partial charge on any atom is -0.352 e. The summed E-state index contributed by atoms with van der Waals surface area (Å²) in [5, 5.41) is 5.80. The van der Waals surface area contributed by atoms with Crippen LogP contribution in [0.25, 0.3) is 0 Å². The van der Waals surface area contributed by atoms with Gasteiger partial charge in [-0.1, -0.05) is 38.8 Å². The van der Waals surface area contributed by atoms with Gasteiger partial charge in [-0.05, 0) is 30.5 Å². The first-order valence-corrected chi connectivity index (χ1v) is 7.87. The van der Waals surface area contributed by atoms with Gasteiger partial charge in [0, 0.05) is 12.2 Å². The fourth-order valence-electron chi connectivity index (χ4n) is 1.85. The second-order valence-corrected chi connectivity index (χ2v) is 6.09. The van der Waals surface area contributed by atoms with Crippen LogP contribution in [0.2, 0.25) is 5.02 Å². The van der Waals surface area contributed by atoms with E-state index in [-0.39, 0.29) is 24.2 Å². The molecule has 1 aromatic carbocycles. The summed E-state index contributed by atoms with van der Waals surface area (Å²) in [4.78, 5) is 23.8. The molecule has 23 heavy (non-hydrogen) atoms. The summed E-state index contributed by atoms with van der Waals surface area (Å²) in [5.41, 5.74) is 6.67. The molecule has 130 valence electrons. The summed E-state index contributed by atoms with van der Waals surface area (Å²) in [6.07, 6.45) is 1.46. The summed E-state index contributed by atoms with van der Waals surface area (Å²) in [6.45, 7) is 6.58. The normalized spacial score (nSPS) is 11.6. The molecule has 4 N–H and O–H groups in total. The maximum Gasteiger partial charge on any atom is 0.252 e. The van der Waals surface area contributed by atoms with E-state index in [2.05, 4.69) is 10.6 Å². The molecular weight excluding hydrogens is 337 g/mol. The van der Waals surface area contributed by atoms with Crippen LogP contribution in [0, 0.1) is 5.92 Å². The molecule has 0 radical (unpaired) electrons. The lowest BCUT2D eigenvalue weighted by atomic mass is 10.1. The van der Waals surface area contributed by atoms with Crippen molar-refractivity contribution in [3.8, 4) is 0 Å². The Labute approximate surface area is 148 Å². The Balaban J connectivity index is 0.00000484. The van der Waals surface area contributed by atoms with Crippen LogP contribution >= 0.6 is 24.0 Å². The summed E-state index contributed by atoms with van der Waals surface area (Å²) in [6, 6.07) is 4.26. The second-order valence-electron chi connectivity index (χ2n) is 5.68. The number of anilines is 1. The van der Waals surface area contributed by atoms with Gasteiger partial charge in [0.25, 0.3) is 5.91 Å². The zero-order chi connectivity index (χ0) is 16.7. The molecule has 0 aliphatic carbocycles. The summed E-state index contributed by atoms with van der Waals surface area (Å²) < 4.78 is 0. The Morgan fingerprint density at radius 3 is 2.48 bits per heavy atom. The second kappa shape index (κ2) is 10.5. The zero-order valence-electron chi connectivity index (χ0n) is 13.7. The third kappa shape index (κ3) is 7.20. The van der Waals surface area contributed by atoms with Crippen molar-refractivity contribution in [2.75, 3.05) is 11.9 Å². The highest BCUT2D eigenvalue weighted by molar-refractivity contribution is 6.34. The number of amides is 2. The van der Waals surface area contributed by atoms with Gasteiger partial charge in [0.05, 0.1) is 16.6 Å². The molecule has 1 rings (SSSR count). The first-order valence-electron chi connectivity index (χ1n) is 7.49. The molecule has 0 saturated heterocycles. The fraction of sp³-hybridized carbons (Fsp3) is 0.500. The van der Waals surface area contributed by atoms with Crippen molar-refractivity contribution in [2.24, 2.45) is 11.7 Å². The number of carbonyl (C=O) groups excluding carboxylic acids is 2. The van der Waals surface area contributed by atoms with Crippen LogP contribution in [0.5, 0.6) is 0 Å². The molecule has 2 amide bonds. The number of nitrogens with one attached hydrogen (secondary N) is 2. The standard InChI is InChI=1S/C16H24ClN3O2.ClH/c1-4-5-14(18)16(22)20-11-6-7-12(13(17)8-11)15(21)19-9-10(2)3;/h6-8,10,14H,4-5,9,18H2,1-3H3,(H,19,21)(H,20,22);1H. The van der Waals surface area contributed by atoms with Crippen LogP contribution in [0.15, 0.2) is 18.2 Å². The minimum absolute atomic E-state index is 0. The van der Waals surface area contributed by atoms with Gasteiger partial charge in [-0.2, -0.15) is 0 Å². The van der Waals surface area contributed by atoms with E-state index in [4.69, 9.17) is 17.3 Å². The third-order valence-electron chi connectivity index (χ3n) is 3.09. The first kappa shape index (κ1) is 21.7. The van der Waals surface area contributed by atoms with Crippen molar-refractivity contribution in [3.05, 3.63) is 28.8 Å². The maximum absolute atomic E-state index is 12.0. The van der Waals surface area contributed by atoms with Gasteiger partial charge in [-0.25, -0.2) is 0 Å². The highest BCUT2D eigenvalue weighted by Crippen LogP contribution is 2.21. The highest BCUT2D eigenvalue weighted by atomic mass is 35.5. The number of hydrogen-bond acceptors (Lipinski definition) is 3. The van der Waals surface area contributed by atoms with Crippen LogP contribution < -0.4 is 16.4 Å². The lowest BCUT2D eigenvalue weighted by Crippen LogP contribution is -2.35. The maximum atomic E-state index is 12.0. The summed E-state index contributed by atoms with van der Waals surface area (Å²) in [7, 11) is 0. The van der Waals surface area contributed by atoms with Crippen LogP contribution in [-0.4, -0.2) is 24.4 Å². The number of halogens is 2. The summed E-state index contributed by atoms with van der Waals surface area (Å²) >= 11 is 6.12. The van der Waals surface area contributed by atoms with Crippen LogP contribution in [0.3, 0.4) is 0 Å². The van der Waals surface area contributed by atoms with E-state index in [0.29, 0.717) is 35.2 Å². The van der Waals surface area contributed by atoms with E-state index >= 15 is 0 Å². The van der Waals surface area contributed by atoms with Crippen LogP contribution in [0.1, 0.15) is 44.0 Å². The smallest absolute Gasteiger partial charge is 0.252 e. The quantitative estimate of drug-likeness (QED) is 0.696. The van der Waals surface area contributed by atoms with E-state index in [1.54, 1.807) is 18.2 Å². The molecule has 0 aromatic heterocycles. The molecule has 1 atom stereocenters. The average Bonchev–Trinajstić information content (AvgIpc) is 2.45. The van der Waals surface area contributed by atoms with Gasteiger partial charge in [-0.15, -0.1) is 12.4 Å². The Bertz CT molecular complexity index is 536. The molecule has 1 aromatic rings. The predicted octanol–water partition coefficient (Wildman–Crippen LogP) is 3.21.